The van der Waals surface area contributed by atoms with E-state index in [1.807, 2.05) is 6.07 Å². The summed E-state index contributed by atoms with van der Waals surface area (Å²) in [6, 6.07) is 5.04. The van der Waals surface area contributed by atoms with Gasteiger partial charge >= 0.3 is 12.0 Å². The third-order valence-corrected chi connectivity index (χ3v) is 6.51. The number of likely N-dealkylation sites (tertiary alicyclic amines) is 1. The fourth-order valence-corrected chi connectivity index (χ4v) is 4.95. The number of carboxylic acids is 1. The molecule has 1 spiro atoms. The molecule has 0 radical (unpaired) electrons. The fraction of sp³-hybridized carbons (Fsp3) is 0.368. The van der Waals surface area contributed by atoms with Gasteiger partial charge in [0.15, 0.2) is 5.13 Å². The highest BCUT2D eigenvalue weighted by atomic mass is 35.5. The van der Waals surface area contributed by atoms with Crippen molar-refractivity contribution < 1.29 is 19.5 Å². The number of hydrogen-bond donors (Lipinski definition) is 2. The molecular formula is C19H19ClN4O4S. The molecule has 8 nitrogen and oxygen atoms in total. The number of nitrogens with one attached hydrogen (secondary N) is 1. The molecule has 1 atom stereocenters. The molecule has 0 saturated carbocycles. The van der Waals surface area contributed by atoms with Crippen LogP contribution >= 0.6 is 22.9 Å². The molecule has 29 heavy (non-hydrogen) atoms. The quantitative estimate of drug-likeness (QED) is 0.773. The molecule has 2 aliphatic heterocycles. The maximum Gasteiger partial charge on any atom is 0.328 e. The van der Waals surface area contributed by atoms with Crippen LogP contribution in [-0.4, -0.2) is 52.5 Å². The van der Waals surface area contributed by atoms with Crippen molar-refractivity contribution >= 4 is 51.7 Å². The van der Waals surface area contributed by atoms with Crippen LogP contribution in [0.5, 0.6) is 0 Å². The van der Waals surface area contributed by atoms with Gasteiger partial charge in [-0.25, -0.2) is 9.78 Å². The normalized spacial score (nSPS) is 20.2. The van der Waals surface area contributed by atoms with Gasteiger partial charge in [-0.1, -0.05) is 35.1 Å². The zero-order chi connectivity index (χ0) is 20.8. The summed E-state index contributed by atoms with van der Waals surface area (Å²) >= 11 is 7.06. The Labute approximate surface area is 176 Å². The lowest BCUT2D eigenvalue weighted by Crippen LogP contribution is -2.41. The Bertz CT molecular complexity index is 1010. The molecule has 1 unspecified atom stereocenters. The van der Waals surface area contributed by atoms with Crippen LogP contribution in [0.1, 0.15) is 24.5 Å². The van der Waals surface area contributed by atoms with Gasteiger partial charge in [-0.2, -0.15) is 0 Å². The average Bonchev–Trinajstić information content (AvgIpc) is 3.34. The number of aliphatic carboxylic acids is 1. The Morgan fingerprint density at radius 3 is 2.76 bits per heavy atom. The van der Waals surface area contributed by atoms with Crippen molar-refractivity contribution in [1.82, 2.24) is 9.88 Å². The highest BCUT2D eigenvalue weighted by molar-refractivity contribution is 7.19. The molecule has 1 saturated heterocycles. The van der Waals surface area contributed by atoms with Crippen LogP contribution in [0.25, 0.3) is 0 Å². The number of carboxylic acid groups (broad SMARTS) is 1. The number of thiazole rings is 1. The standard InChI is InChI=1S/C19H19ClN4O4S/c1-11(25)23-5-4-19(9-23)10-24(18(28)22-17-21-8-15(20)29-17)14-3-2-12(6-13(14)19)7-16(26)27/h2-3,6,8H,4-5,7,9-10H2,1H3,(H,26,27)(H,21,22,28). The lowest BCUT2D eigenvalue weighted by molar-refractivity contribution is -0.136. The highest BCUT2D eigenvalue weighted by Crippen LogP contribution is 2.47. The van der Waals surface area contributed by atoms with Gasteiger partial charge in [0, 0.05) is 37.7 Å². The van der Waals surface area contributed by atoms with Gasteiger partial charge in [0.2, 0.25) is 5.91 Å². The SMILES string of the molecule is CC(=O)N1CCC2(C1)CN(C(=O)Nc1ncc(Cl)s1)c1ccc(CC(=O)O)cc12. The first-order chi connectivity index (χ1) is 13.8. The number of halogens is 1. The predicted molar refractivity (Wildman–Crippen MR) is 110 cm³/mol. The molecule has 1 aromatic carbocycles. The van der Waals surface area contributed by atoms with Gasteiger partial charge in [0.25, 0.3) is 0 Å². The molecule has 2 aliphatic rings. The fourth-order valence-electron chi connectivity index (χ4n) is 4.14. The first kappa shape index (κ1) is 19.7. The minimum atomic E-state index is -0.913. The number of anilines is 2. The smallest absolute Gasteiger partial charge is 0.328 e. The number of rotatable bonds is 3. The van der Waals surface area contributed by atoms with Gasteiger partial charge in [0.1, 0.15) is 4.34 Å². The molecule has 2 N–H and O–H groups in total. The summed E-state index contributed by atoms with van der Waals surface area (Å²) in [5.74, 6) is -0.922. The number of benzene rings is 1. The maximum absolute atomic E-state index is 13.0. The van der Waals surface area contributed by atoms with Crippen LogP contribution in [0.2, 0.25) is 4.34 Å². The van der Waals surface area contributed by atoms with Crippen LogP contribution in [0.15, 0.2) is 24.4 Å². The van der Waals surface area contributed by atoms with Gasteiger partial charge in [-0.15, -0.1) is 0 Å². The minimum Gasteiger partial charge on any atom is -0.481 e. The number of fused-ring (bicyclic) bond motifs is 2. The molecule has 152 valence electrons. The molecule has 0 aliphatic carbocycles. The number of carbonyl (C=O) groups excluding carboxylic acids is 2. The number of carbonyl (C=O) groups is 3. The van der Waals surface area contributed by atoms with E-state index in [9.17, 15) is 14.4 Å². The average molecular weight is 435 g/mol. The molecule has 3 amide bonds. The summed E-state index contributed by atoms with van der Waals surface area (Å²) in [4.78, 5) is 43.5. The highest BCUT2D eigenvalue weighted by Gasteiger charge is 2.49. The number of urea groups is 1. The predicted octanol–water partition coefficient (Wildman–Crippen LogP) is 2.97. The van der Waals surface area contributed by atoms with Gasteiger partial charge in [0.05, 0.1) is 12.6 Å². The summed E-state index contributed by atoms with van der Waals surface area (Å²) in [5.41, 5.74) is 1.90. The second kappa shape index (κ2) is 7.31. The second-order valence-corrected chi connectivity index (χ2v) is 9.04. The number of nitrogens with zero attached hydrogens (tertiary/aromatic N) is 3. The minimum absolute atomic E-state index is 0.00885. The Balaban J connectivity index is 1.68. The maximum atomic E-state index is 13.0. The lowest BCUT2D eigenvalue weighted by atomic mass is 9.81. The summed E-state index contributed by atoms with van der Waals surface area (Å²) in [7, 11) is 0. The summed E-state index contributed by atoms with van der Waals surface area (Å²) in [5, 5.41) is 12.3. The van der Waals surface area contributed by atoms with Crippen molar-refractivity contribution in [3.8, 4) is 0 Å². The lowest BCUT2D eigenvalue weighted by Gasteiger charge is -2.25. The third kappa shape index (κ3) is 3.67. The Morgan fingerprint density at radius 1 is 1.34 bits per heavy atom. The second-order valence-electron chi connectivity index (χ2n) is 7.38. The molecule has 3 heterocycles. The van der Waals surface area contributed by atoms with Gasteiger partial charge < -0.3 is 10.0 Å². The van der Waals surface area contributed by atoms with E-state index < -0.39 is 11.4 Å². The largest absolute Gasteiger partial charge is 0.481 e. The molecule has 10 heteroatoms. The zero-order valence-electron chi connectivity index (χ0n) is 15.6. The molecule has 1 aromatic heterocycles. The van der Waals surface area contributed by atoms with E-state index in [-0.39, 0.29) is 18.4 Å². The van der Waals surface area contributed by atoms with E-state index in [2.05, 4.69) is 10.3 Å². The Hall–Kier alpha value is -2.65. The van der Waals surface area contributed by atoms with Crippen molar-refractivity contribution in [3.63, 3.8) is 0 Å². The number of hydrogen-bond acceptors (Lipinski definition) is 5. The molecular weight excluding hydrogens is 416 g/mol. The number of amides is 3. The molecule has 2 aromatic rings. The summed E-state index contributed by atoms with van der Waals surface area (Å²) < 4.78 is 0.477. The van der Waals surface area contributed by atoms with E-state index in [1.54, 1.807) is 21.9 Å². The summed E-state index contributed by atoms with van der Waals surface area (Å²) in [6.07, 6.45) is 2.09. The number of aromatic nitrogens is 1. The first-order valence-corrected chi connectivity index (χ1v) is 10.3. The Kier molecular flexibility index (Phi) is 4.95. The van der Waals surface area contributed by atoms with Crippen LogP contribution in [0.3, 0.4) is 0 Å². The van der Waals surface area contributed by atoms with E-state index in [4.69, 9.17) is 16.7 Å². The third-order valence-electron chi connectivity index (χ3n) is 5.47. The van der Waals surface area contributed by atoms with Crippen molar-refractivity contribution in [3.05, 3.63) is 39.9 Å². The summed E-state index contributed by atoms with van der Waals surface area (Å²) in [6.45, 7) is 3.05. The Morgan fingerprint density at radius 2 is 2.14 bits per heavy atom. The van der Waals surface area contributed by atoms with Crippen LogP contribution in [0.4, 0.5) is 15.6 Å². The van der Waals surface area contributed by atoms with E-state index in [0.717, 1.165) is 11.3 Å². The van der Waals surface area contributed by atoms with Crippen LogP contribution < -0.4 is 10.2 Å². The van der Waals surface area contributed by atoms with Crippen molar-refractivity contribution in [1.29, 1.82) is 0 Å². The van der Waals surface area contributed by atoms with Crippen molar-refractivity contribution in [2.24, 2.45) is 0 Å². The molecule has 1 fully saturated rings. The van der Waals surface area contributed by atoms with Gasteiger partial charge in [-0.05, 0) is 23.6 Å². The van der Waals surface area contributed by atoms with E-state index >= 15 is 0 Å². The monoisotopic (exact) mass is 434 g/mol. The molecule has 4 rings (SSSR count). The van der Waals surface area contributed by atoms with E-state index in [1.165, 1.54) is 24.5 Å². The zero-order valence-corrected chi connectivity index (χ0v) is 17.2. The first-order valence-electron chi connectivity index (χ1n) is 9.08. The van der Waals surface area contributed by atoms with Crippen LogP contribution in [-0.2, 0) is 21.4 Å². The van der Waals surface area contributed by atoms with Crippen molar-refractivity contribution in [2.45, 2.75) is 25.2 Å². The van der Waals surface area contributed by atoms with Crippen molar-refractivity contribution in [2.75, 3.05) is 29.9 Å². The molecule has 0 bridgehead atoms. The topological polar surface area (TPSA) is 103 Å². The van der Waals surface area contributed by atoms with Gasteiger partial charge in [-0.3, -0.25) is 19.8 Å². The van der Waals surface area contributed by atoms with E-state index in [0.29, 0.717) is 41.1 Å². The van der Waals surface area contributed by atoms with Crippen LogP contribution in [0, 0.1) is 0 Å².